The molecule has 1 aromatic heterocycles. The molecule has 2 aromatic rings. The van der Waals surface area contributed by atoms with Crippen LogP contribution in [0.15, 0.2) is 24.3 Å². The van der Waals surface area contributed by atoms with Crippen molar-refractivity contribution in [1.29, 1.82) is 0 Å². The topological polar surface area (TPSA) is 56.7 Å². The van der Waals surface area contributed by atoms with E-state index < -0.39 is 0 Å². The number of anilines is 1. The number of aromatic nitrogens is 3. The molecule has 0 saturated heterocycles. The van der Waals surface area contributed by atoms with E-state index in [9.17, 15) is 0 Å². The minimum Gasteiger partial charge on any atom is -0.399 e. The van der Waals surface area contributed by atoms with Crippen molar-refractivity contribution in [2.45, 2.75) is 26.3 Å². The molecule has 0 fully saturated rings. The van der Waals surface area contributed by atoms with Gasteiger partial charge in [0.25, 0.3) is 0 Å². The van der Waals surface area contributed by atoms with Gasteiger partial charge in [0.1, 0.15) is 5.82 Å². The zero-order valence-corrected chi connectivity index (χ0v) is 9.93. The normalized spacial score (nSPS) is 19.0. The summed E-state index contributed by atoms with van der Waals surface area (Å²) in [6.07, 6.45) is 2.21. The molecule has 1 unspecified atom stereocenters. The lowest BCUT2D eigenvalue weighted by molar-refractivity contribution is 0.386. The van der Waals surface area contributed by atoms with Crippen LogP contribution in [0.1, 0.15) is 19.2 Å². The molecule has 3 rings (SSSR count). The minimum absolute atomic E-state index is 0.709. The van der Waals surface area contributed by atoms with Crippen LogP contribution in [0.2, 0.25) is 0 Å². The summed E-state index contributed by atoms with van der Waals surface area (Å²) in [5.74, 6) is 2.60. The second-order valence-corrected chi connectivity index (χ2v) is 4.80. The van der Waals surface area contributed by atoms with Gasteiger partial charge in [-0.2, -0.15) is 5.10 Å². The van der Waals surface area contributed by atoms with Crippen molar-refractivity contribution in [3.05, 3.63) is 30.1 Å². The first-order chi connectivity index (χ1) is 8.22. The molecule has 4 heteroatoms. The molecule has 1 aliphatic rings. The van der Waals surface area contributed by atoms with E-state index in [1.165, 1.54) is 6.42 Å². The van der Waals surface area contributed by atoms with Gasteiger partial charge in [-0.15, -0.1) is 0 Å². The molecule has 1 aliphatic heterocycles. The van der Waals surface area contributed by atoms with E-state index in [1.807, 2.05) is 28.9 Å². The molecular formula is C13H16N4. The standard InChI is InChI=1S/C13H16N4/c1-9-5-6-17-12(7-9)15-13(16-17)10-3-2-4-11(14)8-10/h2-4,8-9H,5-7,14H2,1H3. The van der Waals surface area contributed by atoms with Crippen LogP contribution in [0.25, 0.3) is 11.4 Å². The Morgan fingerprint density at radius 2 is 2.29 bits per heavy atom. The Morgan fingerprint density at radius 1 is 1.41 bits per heavy atom. The average Bonchev–Trinajstić information content (AvgIpc) is 2.72. The average molecular weight is 228 g/mol. The second-order valence-electron chi connectivity index (χ2n) is 4.80. The Labute approximate surface area is 100 Å². The maximum atomic E-state index is 5.78. The quantitative estimate of drug-likeness (QED) is 0.760. The van der Waals surface area contributed by atoms with Crippen molar-refractivity contribution in [3.8, 4) is 11.4 Å². The maximum Gasteiger partial charge on any atom is 0.181 e. The molecule has 1 atom stereocenters. The van der Waals surface area contributed by atoms with Crippen LogP contribution < -0.4 is 5.73 Å². The first-order valence-corrected chi connectivity index (χ1v) is 6.02. The van der Waals surface area contributed by atoms with Crippen LogP contribution >= 0.6 is 0 Å². The third-order valence-electron chi connectivity index (χ3n) is 3.26. The summed E-state index contributed by atoms with van der Waals surface area (Å²) in [6, 6.07) is 7.74. The molecule has 88 valence electrons. The predicted molar refractivity (Wildman–Crippen MR) is 67.4 cm³/mol. The van der Waals surface area contributed by atoms with Crippen LogP contribution in [0, 0.1) is 5.92 Å². The number of hydrogen-bond donors (Lipinski definition) is 1. The highest BCUT2D eigenvalue weighted by Crippen LogP contribution is 2.23. The lowest BCUT2D eigenvalue weighted by Gasteiger charge is -2.17. The summed E-state index contributed by atoms with van der Waals surface area (Å²) in [7, 11) is 0. The van der Waals surface area contributed by atoms with Gasteiger partial charge >= 0.3 is 0 Å². The molecular weight excluding hydrogens is 212 g/mol. The Bertz CT molecular complexity index is 544. The summed E-state index contributed by atoms with van der Waals surface area (Å²) >= 11 is 0. The summed E-state index contributed by atoms with van der Waals surface area (Å²) in [6.45, 7) is 3.24. The van der Waals surface area contributed by atoms with Crippen molar-refractivity contribution in [2.24, 2.45) is 5.92 Å². The largest absolute Gasteiger partial charge is 0.399 e. The predicted octanol–water partition coefficient (Wildman–Crippen LogP) is 2.11. The Kier molecular flexibility index (Phi) is 2.35. The highest BCUT2D eigenvalue weighted by Gasteiger charge is 2.19. The SMILES string of the molecule is CC1CCn2nc(-c3cccc(N)c3)nc2C1. The van der Waals surface area contributed by atoms with Gasteiger partial charge in [0.15, 0.2) is 5.82 Å². The van der Waals surface area contributed by atoms with E-state index in [0.717, 1.165) is 35.9 Å². The van der Waals surface area contributed by atoms with Gasteiger partial charge in [-0.25, -0.2) is 9.67 Å². The maximum absolute atomic E-state index is 5.78. The molecule has 17 heavy (non-hydrogen) atoms. The van der Waals surface area contributed by atoms with E-state index >= 15 is 0 Å². The summed E-state index contributed by atoms with van der Waals surface area (Å²) < 4.78 is 2.03. The van der Waals surface area contributed by atoms with Crippen LogP contribution in [0.3, 0.4) is 0 Å². The minimum atomic E-state index is 0.709. The van der Waals surface area contributed by atoms with Crippen molar-refractivity contribution < 1.29 is 0 Å². The number of fused-ring (bicyclic) bond motifs is 1. The van der Waals surface area contributed by atoms with Crippen LogP contribution in [0.5, 0.6) is 0 Å². The molecule has 2 heterocycles. The van der Waals surface area contributed by atoms with Crippen LogP contribution in [-0.4, -0.2) is 14.8 Å². The number of nitrogens with zero attached hydrogens (tertiary/aromatic N) is 3. The molecule has 1 aromatic carbocycles. The molecule has 0 amide bonds. The van der Waals surface area contributed by atoms with Gasteiger partial charge in [0.2, 0.25) is 0 Å². The van der Waals surface area contributed by atoms with Crippen LogP contribution in [0.4, 0.5) is 5.69 Å². The van der Waals surface area contributed by atoms with Gasteiger partial charge in [0.05, 0.1) is 0 Å². The number of nitrogens with two attached hydrogens (primary N) is 1. The van der Waals surface area contributed by atoms with E-state index in [1.54, 1.807) is 0 Å². The van der Waals surface area contributed by atoms with Crippen molar-refractivity contribution in [1.82, 2.24) is 14.8 Å². The first-order valence-electron chi connectivity index (χ1n) is 6.02. The van der Waals surface area contributed by atoms with E-state index in [4.69, 9.17) is 5.73 Å². The monoisotopic (exact) mass is 228 g/mol. The summed E-state index contributed by atoms with van der Waals surface area (Å²) in [5, 5.41) is 4.55. The highest BCUT2D eigenvalue weighted by molar-refractivity contribution is 5.60. The number of hydrogen-bond acceptors (Lipinski definition) is 3. The molecule has 4 nitrogen and oxygen atoms in total. The fourth-order valence-corrected chi connectivity index (χ4v) is 2.26. The molecule has 0 spiro atoms. The fourth-order valence-electron chi connectivity index (χ4n) is 2.26. The van der Waals surface area contributed by atoms with Gasteiger partial charge in [-0.05, 0) is 24.5 Å². The van der Waals surface area contributed by atoms with Crippen molar-refractivity contribution in [3.63, 3.8) is 0 Å². The Hall–Kier alpha value is -1.84. The van der Waals surface area contributed by atoms with Gasteiger partial charge in [-0.1, -0.05) is 19.1 Å². The summed E-state index contributed by atoms with van der Waals surface area (Å²) in [5.41, 5.74) is 7.53. The van der Waals surface area contributed by atoms with Gasteiger partial charge in [0, 0.05) is 24.2 Å². The molecule has 0 aliphatic carbocycles. The Balaban J connectivity index is 2.00. The Morgan fingerprint density at radius 3 is 3.12 bits per heavy atom. The van der Waals surface area contributed by atoms with Gasteiger partial charge in [-0.3, -0.25) is 0 Å². The molecule has 0 radical (unpaired) electrons. The van der Waals surface area contributed by atoms with Crippen molar-refractivity contribution >= 4 is 5.69 Å². The van der Waals surface area contributed by atoms with E-state index in [-0.39, 0.29) is 0 Å². The van der Waals surface area contributed by atoms with E-state index in [2.05, 4.69) is 17.0 Å². The molecule has 0 bridgehead atoms. The number of aryl methyl sites for hydroxylation is 1. The third-order valence-corrected chi connectivity index (χ3v) is 3.26. The lowest BCUT2D eigenvalue weighted by atomic mass is 10.0. The third kappa shape index (κ3) is 1.90. The number of rotatable bonds is 1. The van der Waals surface area contributed by atoms with E-state index in [0.29, 0.717) is 5.92 Å². The number of nitrogen functional groups attached to an aromatic ring is 1. The number of benzene rings is 1. The van der Waals surface area contributed by atoms with Gasteiger partial charge < -0.3 is 5.73 Å². The highest BCUT2D eigenvalue weighted by atomic mass is 15.3. The zero-order chi connectivity index (χ0) is 11.8. The lowest BCUT2D eigenvalue weighted by Crippen LogP contribution is -2.18. The zero-order valence-electron chi connectivity index (χ0n) is 9.93. The first kappa shape index (κ1) is 10.3. The van der Waals surface area contributed by atoms with Crippen molar-refractivity contribution in [2.75, 3.05) is 5.73 Å². The molecule has 0 saturated carbocycles. The van der Waals surface area contributed by atoms with Crippen LogP contribution in [-0.2, 0) is 13.0 Å². The second kappa shape index (κ2) is 3.87. The molecule has 2 N–H and O–H groups in total. The summed E-state index contributed by atoms with van der Waals surface area (Å²) in [4.78, 5) is 4.61. The fraction of sp³-hybridized carbons (Fsp3) is 0.385. The smallest absolute Gasteiger partial charge is 0.181 e.